The van der Waals surface area contributed by atoms with Crippen LogP contribution in [0.1, 0.15) is 32.4 Å². The van der Waals surface area contributed by atoms with Crippen molar-refractivity contribution in [3.63, 3.8) is 0 Å². The number of anilines is 1. The van der Waals surface area contributed by atoms with Crippen molar-refractivity contribution < 1.29 is 0 Å². The number of aryl methyl sites for hydroxylation is 1. The smallest absolute Gasteiger partial charge is 0.332 e. The lowest BCUT2D eigenvalue weighted by molar-refractivity contribution is 0.495. The van der Waals surface area contributed by atoms with E-state index in [1.54, 1.807) is 13.2 Å². The SMILES string of the molecule is CC(C)=CCn1c(N2CCCC(N)C2)nc2c1c(=O)n(Cc1ccc(-c3ccccc3)cn1)c(=O)n2C. The van der Waals surface area contributed by atoms with Gasteiger partial charge in [-0.3, -0.25) is 18.9 Å². The van der Waals surface area contributed by atoms with E-state index in [1.807, 2.05) is 60.9 Å². The van der Waals surface area contributed by atoms with E-state index >= 15 is 0 Å². The minimum Gasteiger partial charge on any atom is -0.341 e. The van der Waals surface area contributed by atoms with Crippen molar-refractivity contribution >= 4 is 17.1 Å². The first-order valence-corrected chi connectivity index (χ1v) is 12.7. The number of pyridine rings is 1. The van der Waals surface area contributed by atoms with Gasteiger partial charge in [0.1, 0.15) is 0 Å². The van der Waals surface area contributed by atoms with Gasteiger partial charge in [0.15, 0.2) is 11.2 Å². The Balaban J connectivity index is 1.59. The molecule has 2 N–H and O–H groups in total. The van der Waals surface area contributed by atoms with E-state index in [4.69, 9.17) is 10.7 Å². The number of allylic oxidation sites excluding steroid dienone is 2. The molecule has 0 amide bonds. The fraction of sp³-hybridized carbons (Fsp3) is 0.357. The first-order valence-electron chi connectivity index (χ1n) is 12.7. The van der Waals surface area contributed by atoms with Crippen molar-refractivity contribution in [1.29, 1.82) is 0 Å². The predicted molar refractivity (Wildman–Crippen MR) is 147 cm³/mol. The molecular formula is C28H33N7O2. The molecule has 1 fully saturated rings. The van der Waals surface area contributed by atoms with Gasteiger partial charge < -0.3 is 15.2 Å². The Bertz CT molecular complexity index is 1560. The normalized spacial score (nSPS) is 15.8. The molecule has 1 unspecified atom stereocenters. The maximum absolute atomic E-state index is 13.8. The van der Waals surface area contributed by atoms with Gasteiger partial charge in [0.05, 0.1) is 12.2 Å². The number of piperidine rings is 1. The van der Waals surface area contributed by atoms with Crippen molar-refractivity contribution in [2.45, 2.75) is 45.8 Å². The highest BCUT2D eigenvalue weighted by Crippen LogP contribution is 2.23. The first-order chi connectivity index (χ1) is 17.8. The van der Waals surface area contributed by atoms with Crippen LogP contribution in [0.4, 0.5) is 5.95 Å². The summed E-state index contributed by atoms with van der Waals surface area (Å²) in [5.74, 6) is 0.679. The standard InChI is InChI=1S/C28H33N7O2/c1-19(2)13-15-34-24-25(31-27(34)33-14-7-10-22(29)17-33)32(3)28(37)35(26(24)36)18-23-12-11-21(16-30-23)20-8-5-4-6-9-20/h4-6,8-9,11-13,16,22H,7,10,14-15,17-18,29H2,1-3H3. The third-order valence-corrected chi connectivity index (χ3v) is 6.89. The summed E-state index contributed by atoms with van der Waals surface area (Å²) in [6, 6.07) is 13.8. The van der Waals surface area contributed by atoms with Gasteiger partial charge in [-0.1, -0.05) is 48.0 Å². The molecule has 37 heavy (non-hydrogen) atoms. The summed E-state index contributed by atoms with van der Waals surface area (Å²) in [6.07, 6.45) is 5.76. The molecule has 0 aliphatic carbocycles. The summed E-state index contributed by atoms with van der Waals surface area (Å²) in [4.78, 5) is 38.6. The van der Waals surface area contributed by atoms with Crippen LogP contribution in [0.2, 0.25) is 0 Å². The van der Waals surface area contributed by atoms with Crippen LogP contribution < -0.4 is 21.9 Å². The molecule has 1 atom stereocenters. The summed E-state index contributed by atoms with van der Waals surface area (Å²) >= 11 is 0. The largest absolute Gasteiger partial charge is 0.341 e. The number of hydrogen-bond donors (Lipinski definition) is 1. The Morgan fingerprint density at radius 3 is 2.54 bits per heavy atom. The Morgan fingerprint density at radius 1 is 1.08 bits per heavy atom. The van der Waals surface area contributed by atoms with Gasteiger partial charge in [-0.25, -0.2) is 4.79 Å². The van der Waals surface area contributed by atoms with E-state index < -0.39 is 5.69 Å². The van der Waals surface area contributed by atoms with Gasteiger partial charge in [0, 0.05) is 44.5 Å². The van der Waals surface area contributed by atoms with Crippen molar-refractivity contribution in [2.75, 3.05) is 18.0 Å². The second-order valence-corrected chi connectivity index (χ2v) is 9.96. The van der Waals surface area contributed by atoms with E-state index in [2.05, 4.69) is 16.0 Å². The van der Waals surface area contributed by atoms with Gasteiger partial charge >= 0.3 is 5.69 Å². The second-order valence-electron chi connectivity index (χ2n) is 9.96. The maximum Gasteiger partial charge on any atom is 0.332 e. The monoisotopic (exact) mass is 499 g/mol. The van der Waals surface area contributed by atoms with Gasteiger partial charge in [-0.15, -0.1) is 0 Å². The number of imidazole rings is 1. The summed E-state index contributed by atoms with van der Waals surface area (Å²) < 4.78 is 4.63. The number of nitrogens with zero attached hydrogens (tertiary/aromatic N) is 6. The molecule has 5 rings (SSSR count). The molecule has 9 nitrogen and oxygen atoms in total. The van der Waals surface area contributed by atoms with E-state index in [0.717, 1.165) is 36.1 Å². The molecule has 4 aromatic rings. The molecule has 1 aliphatic rings. The molecule has 1 aromatic carbocycles. The molecule has 9 heteroatoms. The Kier molecular flexibility index (Phi) is 6.80. The van der Waals surface area contributed by atoms with E-state index in [0.29, 0.717) is 35.9 Å². The van der Waals surface area contributed by atoms with Gasteiger partial charge in [0.2, 0.25) is 5.95 Å². The number of hydrogen-bond acceptors (Lipinski definition) is 6. The molecule has 3 aromatic heterocycles. The lowest BCUT2D eigenvalue weighted by Crippen LogP contribution is -2.44. The zero-order valence-electron chi connectivity index (χ0n) is 21.6. The predicted octanol–water partition coefficient (Wildman–Crippen LogP) is 2.90. The Morgan fingerprint density at radius 2 is 1.86 bits per heavy atom. The van der Waals surface area contributed by atoms with Crippen molar-refractivity contribution in [1.82, 2.24) is 23.7 Å². The highest BCUT2D eigenvalue weighted by Gasteiger charge is 2.26. The fourth-order valence-electron chi connectivity index (χ4n) is 4.86. The van der Waals surface area contributed by atoms with Crippen LogP contribution in [0.5, 0.6) is 0 Å². The molecular weight excluding hydrogens is 466 g/mol. The van der Waals surface area contributed by atoms with Crippen molar-refractivity contribution in [2.24, 2.45) is 12.8 Å². The van der Waals surface area contributed by atoms with Gasteiger partial charge in [-0.05, 0) is 38.3 Å². The average Bonchev–Trinajstić information content (AvgIpc) is 3.29. The van der Waals surface area contributed by atoms with Crippen LogP contribution in [-0.2, 0) is 20.1 Å². The minimum atomic E-state index is -0.416. The minimum absolute atomic E-state index is 0.0517. The zero-order chi connectivity index (χ0) is 26.1. The lowest BCUT2D eigenvalue weighted by Gasteiger charge is -2.31. The first kappa shape index (κ1) is 24.7. The van der Waals surface area contributed by atoms with Crippen LogP contribution in [0, 0.1) is 0 Å². The number of rotatable bonds is 6. The van der Waals surface area contributed by atoms with E-state index in [1.165, 1.54) is 9.13 Å². The van der Waals surface area contributed by atoms with Gasteiger partial charge in [-0.2, -0.15) is 4.98 Å². The van der Waals surface area contributed by atoms with Gasteiger partial charge in [0.25, 0.3) is 5.56 Å². The summed E-state index contributed by atoms with van der Waals surface area (Å²) in [7, 11) is 1.66. The number of fused-ring (bicyclic) bond motifs is 1. The highest BCUT2D eigenvalue weighted by molar-refractivity contribution is 5.75. The number of aromatic nitrogens is 5. The molecule has 192 valence electrons. The number of benzene rings is 1. The van der Waals surface area contributed by atoms with Crippen LogP contribution in [-0.4, -0.2) is 42.8 Å². The molecule has 1 aliphatic heterocycles. The highest BCUT2D eigenvalue weighted by atomic mass is 16.2. The molecule has 0 bridgehead atoms. The molecule has 0 radical (unpaired) electrons. The van der Waals surface area contributed by atoms with Crippen LogP contribution >= 0.6 is 0 Å². The van der Waals surface area contributed by atoms with Crippen LogP contribution in [0.15, 0.2) is 69.9 Å². The zero-order valence-corrected chi connectivity index (χ0v) is 21.6. The summed E-state index contributed by atoms with van der Waals surface area (Å²) in [6.45, 7) is 6.08. The fourth-order valence-corrected chi connectivity index (χ4v) is 4.86. The quantitative estimate of drug-likeness (QED) is 0.409. The van der Waals surface area contributed by atoms with Crippen molar-refractivity contribution in [3.05, 3.63) is 86.8 Å². The van der Waals surface area contributed by atoms with Crippen LogP contribution in [0.3, 0.4) is 0 Å². The molecule has 0 saturated carbocycles. The molecule has 4 heterocycles. The Labute approximate surface area is 215 Å². The lowest BCUT2D eigenvalue weighted by atomic mass is 10.1. The van der Waals surface area contributed by atoms with E-state index in [9.17, 15) is 9.59 Å². The molecule has 0 spiro atoms. The molecule has 1 saturated heterocycles. The second kappa shape index (κ2) is 10.2. The van der Waals surface area contributed by atoms with Crippen molar-refractivity contribution in [3.8, 4) is 11.1 Å². The Hall–Kier alpha value is -3.98. The summed E-state index contributed by atoms with van der Waals surface area (Å²) in [5, 5.41) is 0. The average molecular weight is 500 g/mol. The van der Waals surface area contributed by atoms with E-state index in [-0.39, 0.29) is 18.1 Å². The topological polar surface area (TPSA) is 104 Å². The third-order valence-electron chi connectivity index (χ3n) is 6.89. The summed E-state index contributed by atoms with van der Waals surface area (Å²) in [5.41, 5.74) is 10.1. The third kappa shape index (κ3) is 4.86. The number of nitrogens with two attached hydrogens (primary N) is 1. The van der Waals surface area contributed by atoms with Crippen LogP contribution in [0.25, 0.3) is 22.3 Å². The maximum atomic E-state index is 13.8.